The van der Waals surface area contributed by atoms with E-state index in [0.29, 0.717) is 0 Å². The van der Waals surface area contributed by atoms with Crippen LogP contribution in [0.2, 0.25) is 0 Å². The quantitative estimate of drug-likeness (QED) is 0.533. The second-order valence-electron chi connectivity index (χ2n) is 5.34. The zero-order chi connectivity index (χ0) is 13.3. The van der Waals surface area contributed by atoms with Crippen LogP contribution in [0, 0.1) is 11.8 Å². The molecule has 0 amide bonds. The Bertz CT molecular complexity index is 228. The van der Waals surface area contributed by atoms with Crippen molar-refractivity contribution in [2.75, 3.05) is 20.1 Å². The van der Waals surface area contributed by atoms with E-state index in [2.05, 4.69) is 58.4 Å². The Balaban J connectivity index is 4.07. The van der Waals surface area contributed by atoms with Crippen molar-refractivity contribution < 1.29 is 0 Å². The largest absolute Gasteiger partial charge is 0.307 e. The van der Waals surface area contributed by atoms with E-state index in [0.717, 1.165) is 24.8 Å². The fourth-order valence-electron chi connectivity index (χ4n) is 1.80. The van der Waals surface area contributed by atoms with Crippen LogP contribution in [0.15, 0.2) is 24.3 Å². The zero-order valence-corrected chi connectivity index (χ0v) is 12.5. The minimum absolute atomic E-state index is 0.764. The molecule has 1 atom stereocenters. The highest BCUT2D eigenvalue weighted by atomic mass is 15.1. The Kier molecular flexibility index (Phi) is 9.16. The Morgan fingerprint density at radius 3 is 2.41 bits per heavy atom. The van der Waals surface area contributed by atoms with Crippen molar-refractivity contribution in [2.24, 2.45) is 11.8 Å². The predicted octanol–water partition coefficient (Wildman–Crippen LogP) is 4.51. The number of allylic oxidation sites excluding steroid dienone is 3. The maximum atomic E-state index is 4.01. The van der Waals surface area contributed by atoms with Crippen LogP contribution < -0.4 is 0 Å². The smallest absolute Gasteiger partial charge is 0.00191 e. The molecule has 1 heteroatoms. The predicted molar refractivity (Wildman–Crippen MR) is 79.3 cm³/mol. The molecule has 0 aliphatic carbocycles. The fraction of sp³-hybridized carbons (Fsp3) is 0.750. The highest BCUT2D eigenvalue weighted by Gasteiger charge is 2.12. The van der Waals surface area contributed by atoms with Crippen molar-refractivity contribution in [3.63, 3.8) is 0 Å². The summed E-state index contributed by atoms with van der Waals surface area (Å²) in [6.07, 6.45) is 8.04. The first-order valence-corrected chi connectivity index (χ1v) is 7.04. The van der Waals surface area contributed by atoms with Gasteiger partial charge in [-0.3, -0.25) is 0 Å². The average molecular weight is 237 g/mol. The van der Waals surface area contributed by atoms with Gasteiger partial charge in [-0.1, -0.05) is 52.0 Å². The van der Waals surface area contributed by atoms with Gasteiger partial charge in [-0.15, -0.1) is 0 Å². The van der Waals surface area contributed by atoms with Crippen molar-refractivity contribution in [3.8, 4) is 0 Å². The minimum atomic E-state index is 0.764. The van der Waals surface area contributed by atoms with Crippen LogP contribution in [0.5, 0.6) is 0 Å². The van der Waals surface area contributed by atoms with Gasteiger partial charge in [-0.05, 0) is 51.2 Å². The van der Waals surface area contributed by atoms with Crippen LogP contribution in [-0.4, -0.2) is 25.0 Å². The summed E-state index contributed by atoms with van der Waals surface area (Å²) in [4.78, 5) is 2.39. The Morgan fingerprint density at radius 1 is 1.29 bits per heavy atom. The maximum absolute atomic E-state index is 4.01. The van der Waals surface area contributed by atoms with Crippen LogP contribution in [0.3, 0.4) is 0 Å². The zero-order valence-electron chi connectivity index (χ0n) is 12.5. The topological polar surface area (TPSA) is 3.24 Å². The first-order chi connectivity index (χ1) is 8.01. The summed E-state index contributed by atoms with van der Waals surface area (Å²) in [5.41, 5.74) is 1.23. The molecule has 0 unspecified atom stereocenters. The van der Waals surface area contributed by atoms with Gasteiger partial charge in [0.2, 0.25) is 0 Å². The molecule has 100 valence electrons. The van der Waals surface area contributed by atoms with Crippen LogP contribution >= 0.6 is 0 Å². The number of hydrogen-bond acceptors (Lipinski definition) is 1. The van der Waals surface area contributed by atoms with Crippen molar-refractivity contribution in [3.05, 3.63) is 24.3 Å². The Labute approximate surface area is 109 Å². The van der Waals surface area contributed by atoms with Gasteiger partial charge >= 0.3 is 0 Å². The van der Waals surface area contributed by atoms with E-state index in [-0.39, 0.29) is 0 Å². The Hall–Kier alpha value is -0.560. The third-order valence-corrected chi connectivity index (χ3v) is 3.61. The van der Waals surface area contributed by atoms with Gasteiger partial charge in [-0.25, -0.2) is 0 Å². The van der Waals surface area contributed by atoms with E-state index in [4.69, 9.17) is 0 Å². The monoisotopic (exact) mass is 237 g/mol. The normalized spacial score (nSPS) is 13.8. The second-order valence-corrected chi connectivity index (χ2v) is 5.34. The lowest BCUT2D eigenvalue weighted by atomic mass is 9.89. The van der Waals surface area contributed by atoms with Gasteiger partial charge in [0, 0.05) is 0 Å². The SMILES string of the molecule is C=C(/C=C\C[C@H](CCN(C)CC)C(C)C)CC. The van der Waals surface area contributed by atoms with Crippen LogP contribution in [0.25, 0.3) is 0 Å². The summed E-state index contributed by atoms with van der Waals surface area (Å²) >= 11 is 0. The first kappa shape index (κ1) is 16.4. The lowest BCUT2D eigenvalue weighted by Gasteiger charge is -2.22. The van der Waals surface area contributed by atoms with Crippen LogP contribution in [-0.2, 0) is 0 Å². The molecule has 0 aliphatic heterocycles. The van der Waals surface area contributed by atoms with Crippen molar-refractivity contribution in [1.29, 1.82) is 0 Å². The van der Waals surface area contributed by atoms with Gasteiger partial charge in [0.15, 0.2) is 0 Å². The lowest BCUT2D eigenvalue weighted by molar-refractivity contribution is 0.278. The fourth-order valence-corrected chi connectivity index (χ4v) is 1.80. The summed E-state index contributed by atoms with van der Waals surface area (Å²) < 4.78 is 0. The molecule has 0 aromatic carbocycles. The molecule has 0 aromatic heterocycles. The molecule has 17 heavy (non-hydrogen) atoms. The van der Waals surface area contributed by atoms with Crippen LogP contribution in [0.1, 0.15) is 47.0 Å². The summed E-state index contributed by atoms with van der Waals surface area (Å²) in [5, 5.41) is 0. The third-order valence-electron chi connectivity index (χ3n) is 3.61. The molecule has 1 nitrogen and oxygen atoms in total. The molecular weight excluding hydrogens is 206 g/mol. The molecule has 0 aromatic rings. The molecule has 0 aliphatic rings. The first-order valence-electron chi connectivity index (χ1n) is 7.04. The molecule has 0 saturated carbocycles. The number of hydrogen-bond donors (Lipinski definition) is 0. The van der Waals surface area contributed by atoms with E-state index in [1.165, 1.54) is 25.0 Å². The van der Waals surface area contributed by atoms with Gasteiger partial charge < -0.3 is 4.90 Å². The van der Waals surface area contributed by atoms with Gasteiger partial charge in [0.1, 0.15) is 0 Å². The summed E-state index contributed by atoms with van der Waals surface area (Å²) in [6, 6.07) is 0. The maximum Gasteiger partial charge on any atom is -0.00191 e. The van der Waals surface area contributed by atoms with E-state index in [9.17, 15) is 0 Å². The third kappa shape index (κ3) is 8.20. The molecule has 0 radical (unpaired) electrons. The van der Waals surface area contributed by atoms with Crippen LogP contribution in [0.4, 0.5) is 0 Å². The number of nitrogens with zero attached hydrogens (tertiary/aromatic N) is 1. The van der Waals surface area contributed by atoms with E-state index >= 15 is 0 Å². The average Bonchev–Trinajstić information content (AvgIpc) is 2.31. The number of rotatable bonds is 9. The van der Waals surface area contributed by atoms with Crippen molar-refractivity contribution in [2.45, 2.75) is 47.0 Å². The second kappa shape index (κ2) is 9.47. The highest BCUT2D eigenvalue weighted by molar-refractivity contribution is 5.13. The van der Waals surface area contributed by atoms with Gasteiger partial charge in [0.05, 0.1) is 0 Å². The summed E-state index contributed by atoms with van der Waals surface area (Å²) in [6.45, 7) is 15.4. The van der Waals surface area contributed by atoms with E-state index in [1.54, 1.807) is 0 Å². The molecule has 0 fully saturated rings. The van der Waals surface area contributed by atoms with Gasteiger partial charge in [0.25, 0.3) is 0 Å². The standard InChI is InChI=1S/C16H31N/c1-7-15(5)10-9-11-16(14(3)4)12-13-17(6)8-2/h9-10,14,16H,5,7-8,11-13H2,1-4,6H3/b10-9-/t16-/m1/s1. The molecule has 0 heterocycles. The summed E-state index contributed by atoms with van der Waals surface area (Å²) in [5.74, 6) is 1.56. The molecule has 0 spiro atoms. The molecule has 0 bridgehead atoms. The lowest BCUT2D eigenvalue weighted by Crippen LogP contribution is -2.22. The minimum Gasteiger partial charge on any atom is -0.307 e. The van der Waals surface area contributed by atoms with Gasteiger partial charge in [-0.2, -0.15) is 0 Å². The highest BCUT2D eigenvalue weighted by Crippen LogP contribution is 2.20. The molecule has 0 rings (SSSR count). The van der Waals surface area contributed by atoms with E-state index < -0.39 is 0 Å². The Morgan fingerprint density at radius 2 is 1.94 bits per heavy atom. The van der Waals surface area contributed by atoms with Crippen molar-refractivity contribution in [1.82, 2.24) is 4.90 Å². The molecule has 0 N–H and O–H groups in total. The summed E-state index contributed by atoms with van der Waals surface area (Å²) in [7, 11) is 2.20. The van der Waals surface area contributed by atoms with Crippen molar-refractivity contribution >= 4 is 0 Å². The van der Waals surface area contributed by atoms with E-state index in [1.807, 2.05) is 0 Å². The molecular formula is C16H31N. The molecule has 0 saturated heterocycles.